The highest BCUT2D eigenvalue weighted by molar-refractivity contribution is 5.94. The Hall–Kier alpha value is -1.45. The van der Waals surface area contributed by atoms with Gasteiger partial charge in [-0.05, 0) is 31.0 Å². The highest BCUT2D eigenvalue weighted by atomic mass is 19.1. The predicted octanol–water partition coefficient (Wildman–Crippen LogP) is 2.20. The van der Waals surface area contributed by atoms with Crippen LogP contribution in [-0.2, 0) is 0 Å². The van der Waals surface area contributed by atoms with Gasteiger partial charge in [-0.25, -0.2) is 8.78 Å². The average molecular weight is 211 g/mol. The molecule has 0 radical (unpaired) electrons. The molecule has 2 nitrogen and oxygen atoms in total. The molecule has 1 aliphatic heterocycles. The van der Waals surface area contributed by atoms with Gasteiger partial charge in [-0.15, -0.1) is 0 Å². The Morgan fingerprint density at radius 1 is 1.20 bits per heavy atom. The van der Waals surface area contributed by atoms with Crippen molar-refractivity contribution in [2.75, 3.05) is 13.1 Å². The van der Waals surface area contributed by atoms with Crippen LogP contribution in [0.5, 0.6) is 0 Å². The Kier molecular flexibility index (Phi) is 2.66. The SMILES string of the molecule is O=C(c1cc(F)ccc1F)N1CCCC1. The van der Waals surface area contributed by atoms with Gasteiger partial charge in [0.2, 0.25) is 0 Å². The number of hydrogen-bond donors (Lipinski definition) is 0. The molecule has 4 heteroatoms. The van der Waals surface area contributed by atoms with E-state index in [-0.39, 0.29) is 5.56 Å². The van der Waals surface area contributed by atoms with Crippen molar-refractivity contribution in [1.29, 1.82) is 0 Å². The molecular weight excluding hydrogens is 200 g/mol. The first-order valence-corrected chi connectivity index (χ1v) is 4.93. The fraction of sp³-hybridized carbons (Fsp3) is 0.364. The monoisotopic (exact) mass is 211 g/mol. The molecule has 1 saturated heterocycles. The summed E-state index contributed by atoms with van der Waals surface area (Å²) in [6.07, 6.45) is 1.87. The maximum absolute atomic E-state index is 13.3. The molecule has 0 bridgehead atoms. The van der Waals surface area contributed by atoms with Crippen LogP contribution in [0.4, 0.5) is 8.78 Å². The summed E-state index contributed by atoms with van der Waals surface area (Å²) in [5, 5.41) is 0. The second kappa shape index (κ2) is 3.96. The van der Waals surface area contributed by atoms with E-state index in [1.165, 1.54) is 0 Å². The minimum atomic E-state index is -0.659. The minimum absolute atomic E-state index is 0.170. The summed E-state index contributed by atoms with van der Waals surface area (Å²) < 4.78 is 26.1. The Morgan fingerprint density at radius 3 is 2.53 bits per heavy atom. The Balaban J connectivity index is 2.27. The van der Waals surface area contributed by atoms with Gasteiger partial charge >= 0.3 is 0 Å². The van der Waals surface area contributed by atoms with Gasteiger partial charge in [0, 0.05) is 13.1 Å². The van der Waals surface area contributed by atoms with Crippen LogP contribution in [0.3, 0.4) is 0 Å². The van der Waals surface area contributed by atoms with Crippen molar-refractivity contribution in [1.82, 2.24) is 4.90 Å². The largest absolute Gasteiger partial charge is 0.339 e. The number of nitrogens with zero attached hydrogens (tertiary/aromatic N) is 1. The third kappa shape index (κ3) is 1.98. The molecule has 1 aliphatic rings. The molecule has 1 aromatic carbocycles. The quantitative estimate of drug-likeness (QED) is 0.697. The lowest BCUT2D eigenvalue weighted by molar-refractivity contribution is 0.0787. The first-order valence-electron chi connectivity index (χ1n) is 4.93. The van der Waals surface area contributed by atoms with Gasteiger partial charge in [0.1, 0.15) is 11.6 Å². The van der Waals surface area contributed by atoms with Crippen LogP contribution in [0.25, 0.3) is 0 Å². The molecule has 0 spiro atoms. The maximum Gasteiger partial charge on any atom is 0.256 e. The molecule has 0 saturated carbocycles. The molecule has 15 heavy (non-hydrogen) atoms. The second-order valence-electron chi connectivity index (χ2n) is 3.62. The van der Waals surface area contributed by atoms with E-state index < -0.39 is 17.5 Å². The normalized spacial score (nSPS) is 15.7. The van der Waals surface area contributed by atoms with Gasteiger partial charge in [-0.1, -0.05) is 0 Å². The summed E-state index contributed by atoms with van der Waals surface area (Å²) in [5.74, 6) is -1.66. The van der Waals surface area contributed by atoms with Crippen molar-refractivity contribution in [2.45, 2.75) is 12.8 Å². The third-order valence-electron chi connectivity index (χ3n) is 2.55. The minimum Gasteiger partial charge on any atom is -0.339 e. The smallest absolute Gasteiger partial charge is 0.256 e. The summed E-state index contributed by atoms with van der Waals surface area (Å²) in [7, 11) is 0. The standard InChI is InChI=1S/C11H11F2NO/c12-8-3-4-10(13)9(7-8)11(15)14-5-1-2-6-14/h3-4,7H,1-2,5-6H2. The summed E-state index contributed by atoms with van der Waals surface area (Å²) in [6, 6.07) is 2.95. The molecule has 80 valence electrons. The van der Waals surface area contributed by atoms with Gasteiger partial charge in [0.05, 0.1) is 5.56 Å². The zero-order chi connectivity index (χ0) is 10.8. The number of amides is 1. The maximum atomic E-state index is 13.3. The number of rotatable bonds is 1. The van der Waals surface area contributed by atoms with Crippen molar-refractivity contribution >= 4 is 5.91 Å². The number of carbonyl (C=O) groups excluding carboxylic acids is 1. The molecule has 1 heterocycles. The van der Waals surface area contributed by atoms with Crippen molar-refractivity contribution in [3.8, 4) is 0 Å². The number of halogens is 2. The van der Waals surface area contributed by atoms with Gasteiger partial charge in [0.15, 0.2) is 0 Å². The van der Waals surface area contributed by atoms with E-state index >= 15 is 0 Å². The molecular formula is C11H11F2NO. The number of likely N-dealkylation sites (tertiary alicyclic amines) is 1. The van der Waals surface area contributed by atoms with E-state index in [9.17, 15) is 13.6 Å². The summed E-state index contributed by atoms with van der Waals surface area (Å²) in [5.41, 5.74) is -0.170. The fourth-order valence-electron chi connectivity index (χ4n) is 1.75. The van der Waals surface area contributed by atoms with Crippen LogP contribution in [0.1, 0.15) is 23.2 Å². The third-order valence-corrected chi connectivity index (χ3v) is 2.55. The Morgan fingerprint density at radius 2 is 1.87 bits per heavy atom. The molecule has 0 aromatic heterocycles. The zero-order valence-corrected chi connectivity index (χ0v) is 8.17. The van der Waals surface area contributed by atoms with Crippen LogP contribution >= 0.6 is 0 Å². The lowest BCUT2D eigenvalue weighted by Crippen LogP contribution is -2.28. The summed E-state index contributed by atoms with van der Waals surface area (Å²) in [4.78, 5) is 13.3. The molecule has 0 N–H and O–H groups in total. The van der Waals surface area contributed by atoms with Crippen LogP contribution < -0.4 is 0 Å². The van der Waals surface area contributed by atoms with Gasteiger partial charge < -0.3 is 4.90 Å². The molecule has 1 fully saturated rings. The molecule has 0 atom stereocenters. The number of hydrogen-bond acceptors (Lipinski definition) is 1. The number of carbonyl (C=O) groups is 1. The molecule has 0 aliphatic carbocycles. The van der Waals surface area contributed by atoms with Gasteiger partial charge in [0.25, 0.3) is 5.91 Å². The first kappa shape index (κ1) is 10.1. The van der Waals surface area contributed by atoms with Crippen molar-refractivity contribution in [2.24, 2.45) is 0 Å². The summed E-state index contributed by atoms with van der Waals surface area (Å²) in [6.45, 7) is 1.27. The van der Waals surface area contributed by atoms with E-state index in [0.717, 1.165) is 31.0 Å². The van der Waals surface area contributed by atoms with E-state index in [2.05, 4.69) is 0 Å². The van der Waals surface area contributed by atoms with Crippen molar-refractivity contribution < 1.29 is 13.6 Å². The van der Waals surface area contributed by atoms with Gasteiger partial charge in [-0.2, -0.15) is 0 Å². The lowest BCUT2D eigenvalue weighted by Gasteiger charge is -2.15. The van der Waals surface area contributed by atoms with Gasteiger partial charge in [-0.3, -0.25) is 4.79 Å². The topological polar surface area (TPSA) is 20.3 Å². The van der Waals surface area contributed by atoms with Crippen LogP contribution in [0.15, 0.2) is 18.2 Å². The average Bonchev–Trinajstić information content (AvgIpc) is 2.74. The summed E-state index contributed by atoms with van der Waals surface area (Å²) >= 11 is 0. The molecule has 1 aromatic rings. The molecule has 1 amide bonds. The molecule has 0 unspecified atom stereocenters. The van der Waals surface area contributed by atoms with Crippen molar-refractivity contribution in [3.63, 3.8) is 0 Å². The number of benzene rings is 1. The van der Waals surface area contributed by atoms with Crippen LogP contribution in [-0.4, -0.2) is 23.9 Å². The van der Waals surface area contributed by atoms with E-state index in [1.807, 2.05) is 0 Å². The lowest BCUT2D eigenvalue weighted by atomic mass is 10.2. The van der Waals surface area contributed by atoms with Crippen LogP contribution in [0, 0.1) is 11.6 Å². The Bertz CT molecular complexity index is 386. The van der Waals surface area contributed by atoms with Crippen molar-refractivity contribution in [3.05, 3.63) is 35.4 Å². The van der Waals surface area contributed by atoms with E-state index in [4.69, 9.17) is 0 Å². The highest BCUT2D eigenvalue weighted by Gasteiger charge is 2.22. The van der Waals surface area contributed by atoms with Crippen LogP contribution in [0.2, 0.25) is 0 Å². The second-order valence-corrected chi connectivity index (χ2v) is 3.62. The zero-order valence-electron chi connectivity index (χ0n) is 8.17. The van der Waals surface area contributed by atoms with E-state index in [1.54, 1.807) is 4.90 Å². The first-order chi connectivity index (χ1) is 7.18. The van der Waals surface area contributed by atoms with E-state index in [0.29, 0.717) is 13.1 Å². The highest BCUT2D eigenvalue weighted by Crippen LogP contribution is 2.16. The fourth-order valence-corrected chi connectivity index (χ4v) is 1.75. The predicted molar refractivity (Wildman–Crippen MR) is 51.5 cm³/mol. The Labute approximate surface area is 86.5 Å². The molecule has 2 rings (SSSR count).